The lowest BCUT2D eigenvalue weighted by molar-refractivity contribution is -0.190. The van der Waals surface area contributed by atoms with Crippen LogP contribution in [-0.4, -0.2) is 24.2 Å². The molecule has 6 rings (SSSR count). The molecule has 0 saturated heterocycles. The van der Waals surface area contributed by atoms with Gasteiger partial charge in [-0.3, -0.25) is 9.59 Å². The molecule has 0 heterocycles. The molecule has 6 aliphatic carbocycles. The first-order chi connectivity index (χ1) is 11.7. The molecule has 1 N–H and O–H groups in total. The normalized spacial score (nSPS) is 58.0. The van der Waals surface area contributed by atoms with Crippen molar-refractivity contribution in [2.24, 2.45) is 45.3 Å². The van der Waals surface area contributed by atoms with Crippen LogP contribution < -0.4 is 0 Å². The number of carbonyl (C=O) groups is 2. The van der Waals surface area contributed by atoms with Crippen molar-refractivity contribution in [1.29, 1.82) is 0 Å². The third kappa shape index (κ3) is 1.57. The van der Waals surface area contributed by atoms with Gasteiger partial charge in [-0.1, -0.05) is 13.3 Å². The Bertz CT molecular complexity index is 673. The highest BCUT2D eigenvalue weighted by molar-refractivity contribution is 5.81. The Hall–Kier alpha value is -1.06. The highest BCUT2D eigenvalue weighted by Gasteiger charge is 2.83. The van der Waals surface area contributed by atoms with E-state index in [0.717, 1.165) is 44.9 Å². The van der Waals surface area contributed by atoms with Crippen molar-refractivity contribution in [2.45, 2.75) is 65.2 Å². The van der Waals surface area contributed by atoms with Gasteiger partial charge in [-0.05, 0) is 86.4 Å². The first-order valence-electron chi connectivity index (χ1n) is 10.1. The maximum absolute atomic E-state index is 12.6. The second-order valence-corrected chi connectivity index (χ2v) is 10.4. The van der Waals surface area contributed by atoms with Crippen molar-refractivity contribution in [2.75, 3.05) is 7.11 Å². The van der Waals surface area contributed by atoms with Gasteiger partial charge in [-0.2, -0.15) is 0 Å². The van der Waals surface area contributed by atoms with Gasteiger partial charge in [0.15, 0.2) is 0 Å². The average molecular weight is 346 g/mol. The van der Waals surface area contributed by atoms with Crippen LogP contribution in [-0.2, 0) is 14.3 Å². The molecule has 6 fully saturated rings. The van der Waals surface area contributed by atoms with Crippen LogP contribution in [0.4, 0.5) is 0 Å². The third-order valence-corrected chi connectivity index (χ3v) is 9.95. The molecular weight excluding hydrogens is 316 g/mol. The number of rotatable bonds is 2. The second-order valence-electron chi connectivity index (χ2n) is 10.4. The van der Waals surface area contributed by atoms with Gasteiger partial charge >= 0.3 is 11.9 Å². The van der Waals surface area contributed by atoms with E-state index >= 15 is 0 Å². The fourth-order valence-corrected chi connectivity index (χ4v) is 9.04. The summed E-state index contributed by atoms with van der Waals surface area (Å²) in [7, 11) is 1.52. The first kappa shape index (κ1) is 16.1. The van der Waals surface area contributed by atoms with E-state index in [1.807, 2.05) is 0 Å². The Labute approximate surface area is 149 Å². The summed E-state index contributed by atoms with van der Waals surface area (Å²) in [5, 5.41) is 9.85. The summed E-state index contributed by atoms with van der Waals surface area (Å²) in [6.07, 6.45) is 8.51. The molecule has 6 saturated carbocycles. The lowest BCUT2D eigenvalue weighted by atomic mass is 9.39. The summed E-state index contributed by atoms with van der Waals surface area (Å²) in [5.41, 5.74) is -0.341. The van der Waals surface area contributed by atoms with Gasteiger partial charge in [-0.15, -0.1) is 0 Å². The number of fused-ring (bicyclic) bond motifs is 1. The highest BCUT2D eigenvalue weighted by atomic mass is 16.5. The Morgan fingerprint density at radius 2 is 1.84 bits per heavy atom. The molecule has 25 heavy (non-hydrogen) atoms. The number of hydrogen-bond acceptors (Lipinski definition) is 3. The van der Waals surface area contributed by atoms with Crippen molar-refractivity contribution in [1.82, 2.24) is 0 Å². The number of carbonyl (C=O) groups excluding carboxylic acids is 1. The third-order valence-electron chi connectivity index (χ3n) is 9.95. The van der Waals surface area contributed by atoms with Crippen molar-refractivity contribution in [3.05, 3.63) is 0 Å². The number of hydrogen-bond donors (Lipinski definition) is 1. The minimum absolute atomic E-state index is 0.0343. The van der Waals surface area contributed by atoms with Crippen LogP contribution in [0.5, 0.6) is 0 Å². The molecule has 138 valence electrons. The summed E-state index contributed by atoms with van der Waals surface area (Å²) in [5.74, 6) is 1.25. The molecular formula is C21H30O4. The van der Waals surface area contributed by atoms with Crippen LogP contribution in [0.15, 0.2) is 0 Å². The van der Waals surface area contributed by atoms with E-state index in [0.29, 0.717) is 23.7 Å². The lowest BCUT2D eigenvalue weighted by Crippen LogP contribution is -2.59. The smallest absolute Gasteiger partial charge is 0.311 e. The maximum Gasteiger partial charge on any atom is 0.311 e. The molecule has 0 unspecified atom stereocenters. The number of carboxylic acid groups (broad SMARTS) is 1. The van der Waals surface area contributed by atoms with E-state index in [9.17, 15) is 14.7 Å². The molecule has 0 amide bonds. The second kappa shape index (κ2) is 4.43. The van der Waals surface area contributed by atoms with Crippen molar-refractivity contribution in [3.8, 4) is 0 Å². The van der Waals surface area contributed by atoms with Gasteiger partial charge in [-0.25, -0.2) is 0 Å². The zero-order valence-electron chi connectivity index (χ0n) is 15.6. The van der Waals surface area contributed by atoms with Gasteiger partial charge in [0.1, 0.15) is 0 Å². The topological polar surface area (TPSA) is 63.6 Å². The molecule has 0 radical (unpaired) electrons. The van der Waals surface area contributed by atoms with Gasteiger partial charge in [0.25, 0.3) is 0 Å². The molecule has 0 aromatic carbocycles. The summed E-state index contributed by atoms with van der Waals surface area (Å²) in [6.45, 7) is 4.55. The standard InChI is InChI=1S/C21H30O4/c1-18-6-4-7-19(2,17(24)25-3)14(18)5-8-20-10-13-12(9-15(18)20)21(13,11-20)16(22)23/h12-15H,4-11H2,1-3H3,(H,22,23)/t12-,13+,14+,15+,18-,19-,20+,21+/m1/s1. The largest absolute Gasteiger partial charge is 0.481 e. The summed E-state index contributed by atoms with van der Waals surface area (Å²) >= 11 is 0. The van der Waals surface area contributed by atoms with Gasteiger partial charge in [0.05, 0.1) is 17.9 Å². The minimum Gasteiger partial charge on any atom is -0.481 e. The van der Waals surface area contributed by atoms with Crippen LogP contribution in [0.2, 0.25) is 0 Å². The Morgan fingerprint density at radius 3 is 2.48 bits per heavy atom. The summed E-state index contributed by atoms with van der Waals surface area (Å²) < 4.78 is 5.22. The zero-order chi connectivity index (χ0) is 17.8. The van der Waals surface area contributed by atoms with Crippen LogP contribution in [0, 0.1) is 45.3 Å². The van der Waals surface area contributed by atoms with Gasteiger partial charge < -0.3 is 9.84 Å². The molecule has 0 aliphatic heterocycles. The molecule has 6 aliphatic rings. The summed E-state index contributed by atoms with van der Waals surface area (Å²) in [4.78, 5) is 24.6. The molecule has 0 aromatic heterocycles. The first-order valence-corrected chi connectivity index (χ1v) is 10.1. The molecule has 0 aromatic rings. The number of ether oxygens (including phenoxy) is 1. The number of methoxy groups -OCH3 is 1. The fraction of sp³-hybridized carbons (Fsp3) is 0.905. The average Bonchev–Trinajstić information content (AvgIpc) is 3.09. The zero-order valence-corrected chi connectivity index (χ0v) is 15.6. The van der Waals surface area contributed by atoms with Crippen molar-refractivity contribution < 1.29 is 19.4 Å². The lowest BCUT2D eigenvalue weighted by Gasteiger charge is -2.64. The fourth-order valence-electron chi connectivity index (χ4n) is 9.04. The predicted molar refractivity (Wildman–Crippen MR) is 91.6 cm³/mol. The van der Waals surface area contributed by atoms with E-state index in [-0.39, 0.29) is 27.6 Å². The molecule has 4 bridgehead atoms. The maximum atomic E-state index is 12.6. The SMILES string of the molecule is COC(=O)[C@]1(C)CCC[C@@]2(C)[C@@H]3C[C@@H]4[C@@H]5C[C@@]3(CC[C@@H]21)C[C@]45C(=O)O. The predicted octanol–water partition coefficient (Wildman–Crippen LogP) is 3.88. The molecule has 4 heteroatoms. The van der Waals surface area contributed by atoms with Crippen LogP contribution in [0.1, 0.15) is 65.2 Å². The molecule has 1 spiro atoms. The van der Waals surface area contributed by atoms with E-state index in [2.05, 4.69) is 13.8 Å². The van der Waals surface area contributed by atoms with Crippen LogP contribution in [0.3, 0.4) is 0 Å². The molecule has 8 atom stereocenters. The van der Waals surface area contributed by atoms with E-state index in [1.165, 1.54) is 13.5 Å². The summed E-state index contributed by atoms with van der Waals surface area (Å²) in [6, 6.07) is 0. The van der Waals surface area contributed by atoms with E-state index < -0.39 is 5.97 Å². The van der Waals surface area contributed by atoms with Crippen molar-refractivity contribution in [3.63, 3.8) is 0 Å². The highest BCUT2D eigenvalue weighted by Crippen LogP contribution is 2.85. The van der Waals surface area contributed by atoms with E-state index in [1.54, 1.807) is 0 Å². The quantitative estimate of drug-likeness (QED) is 0.771. The van der Waals surface area contributed by atoms with Crippen LogP contribution in [0.25, 0.3) is 0 Å². The number of esters is 1. The van der Waals surface area contributed by atoms with Crippen molar-refractivity contribution >= 4 is 11.9 Å². The Balaban J connectivity index is 1.52. The van der Waals surface area contributed by atoms with Gasteiger partial charge in [0, 0.05) is 0 Å². The Kier molecular flexibility index (Phi) is 2.86. The monoisotopic (exact) mass is 346 g/mol. The Morgan fingerprint density at radius 1 is 1.08 bits per heavy atom. The minimum atomic E-state index is -0.534. The molecule has 4 nitrogen and oxygen atoms in total. The van der Waals surface area contributed by atoms with Crippen LogP contribution >= 0.6 is 0 Å². The number of aliphatic carboxylic acids is 1. The number of carboxylic acids is 1. The van der Waals surface area contributed by atoms with Gasteiger partial charge in [0.2, 0.25) is 0 Å². The van der Waals surface area contributed by atoms with E-state index in [4.69, 9.17) is 4.74 Å².